The molecule has 0 radical (unpaired) electrons. The molecule has 0 spiro atoms. The maximum absolute atomic E-state index is 5.23. The van der Waals surface area contributed by atoms with E-state index in [0.717, 1.165) is 45.7 Å². The monoisotopic (exact) mass is 274 g/mol. The van der Waals surface area contributed by atoms with Gasteiger partial charge >= 0.3 is 0 Å². The molecule has 1 N–H and O–H groups in total. The third-order valence-corrected chi connectivity index (χ3v) is 3.23. The van der Waals surface area contributed by atoms with E-state index in [0.29, 0.717) is 6.04 Å². The lowest BCUT2D eigenvalue weighted by Gasteiger charge is -2.33. The van der Waals surface area contributed by atoms with Crippen LogP contribution in [-0.2, 0) is 9.47 Å². The molecule has 0 amide bonds. The highest BCUT2D eigenvalue weighted by molar-refractivity contribution is 4.78. The summed E-state index contributed by atoms with van der Waals surface area (Å²) < 4.78 is 10.4. The normalized spacial score (nSPS) is 14.1. The van der Waals surface area contributed by atoms with Gasteiger partial charge in [0.2, 0.25) is 0 Å². The van der Waals surface area contributed by atoms with E-state index in [1.54, 1.807) is 14.2 Å². The molecule has 19 heavy (non-hydrogen) atoms. The summed E-state index contributed by atoms with van der Waals surface area (Å²) in [5.74, 6) is 0. The van der Waals surface area contributed by atoms with Crippen LogP contribution >= 0.6 is 0 Å². The Labute approximate surface area is 119 Å². The van der Waals surface area contributed by atoms with Crippen molar-refractivity contribution in [3.05, 3.63) is 0 Å². The van der Waals surface area contributed by atoms with E-state index in [1.807, 2.05) is 0 Å². The Bertz CT molecular complexity index is 205. The Balaban J connectivity index is 4.30. The number of methoxy groups -OCH3 is 2. The SMILES string of the molecule is CCC(CNC(C)(C)C)N(CCCOC)CCOC. The van der Waals surface area contributed by atoms with Crippen molar-refractivity contribution in [1.29, 1.82) is 0 Å². The van der Waals surface area contributed by atoms with Crippen LogP contribution in [0.5, 0.6) is 0 Å². The van der Waals surface area contributed by atoms with Crippen molar-refractivity contribution in [2.45, 2.75) is 52.1 Å². The van der Waals surface area contributed by atoms with Gasteiger partial charge in [-0.1, -0.05) is 6.92 Å². The van der Waals surface area contributed by atoms with E-state index in [-0.39, 0.29) is 5.54 Å². The minimum atomic E-state index is 0.173. The highest BCUT2D eigenvalue weighted by atomic mass is 16.5. The van der Waals surface area contributed by atoms with Crippen molar-refractivity contribution in [2.24, 2.45) is 0 Å². The van der Waals surface area contributed by atoms with E-state index >= 15 is 0 Å². The van der Waals surface area contributed by atoms with Crippen LogP contribution in [0.15, 0.2) is 0 Å². The van der Waals surface area contributed by atoms with Gasteiger partial charge in [-0.2, -0.15) is 0 Å². The Morgan fingerprint density at radius 3 is 2.16 bits per heavy atom. The molecule has 0 aliphatic carbocycles. The van der Waals surface area contributed by atoms with Gasteiger partial charge in [-0.05, 0) is 33.6 Å². The lowest BCUT2D eigenvalue weighted by molar-refractivity contribution is 0.101. The Morgan fingerprint density at radius 1 is 1.05 bits per heavy atom. The Hall–Kier alpha value is -0.160. The molecular formula is C15H34N2O2. The van der Waals surface area contributed by atoms with Crippen LogP contribution in [0.3, 0.4) is 0 Å². The maximum Gasteiger partial charge on any atom is 0.0589 e. The predicted molar refractivity (Wildman–Crippen MR) is 81.8 cm³/mol. The van der Waals surface area contributed by atoms with Crippen molar-refractivity contribution in [3.63, 3.8) is 0 Å². The average molecular weight is 274 g/mol. The van der Waals surface area contributed by atoms with Gasteiger partial charge < -0.3 is 14.8 Å². The highest BCUT2D eigenvalue weighted by Crippen LogP contribution is 2.07. The van der Waals surface area contributed by atoms with Gasteiger partial charge in [-0.3, -0.25) is 4.90 Å². The van der Waals surface area contributed by atoms with Gasteiger partial charge in [0.15, 0.2) is 0 Å². The number of hydrogen-bond acceptors (Lipinski definition) is 4. The van der Waals surface area contributed by atoms with Crippen LogP contribution in [-0.4, -0.2) is 63.5 Å². The zero-order valence-corrected chi connectivity index (χ0v) is 13.8. The summed E-state index contributed by atoms with van der Waals surface area (Å²) in [5.41, 5.74) is 0.173. The van der Waals surface area contributed by atoms with E-state index in [1.165, 1.54) is 0 Å². The molecule has 0 bridgehead atoms. The molecule has 0 aliphatic heterocycles. The molecule has 116 valence electrons. The van der Waals surface area contributed by atoms with Crippen LogP contribution in [0.1, 0.15) is 40.5 Å². The molecular weight excluding hydrogens is 240 g/mol. The zero-order valence-electron chi connectivity index (χ0n) is 13.8. The molecule has 0 aromatic heterocycles. The van der Waals surface area contributed by atoms with Crippen molar-refractivity contribution in [1.82, 2.24) is 10.2 Å². The second-order valence-corrected chi connectivity index (χ2v) is 6.07. The van der Waals surface area contributed by atoms with Gasteiger partial charge in [0.05, 0.1) is 6.61 Å². The minimum Gasteiger partial charge on any atom is -0.385 e. The van der Waals surface area contributed by atoms with Gasteiger partial charge in [-0.15, -0.1) is 0 Å². The number of rotatable bonds is 11. The van der Waals surface area contributed by atoms with Crippen LogP contribution in [0.25, 0.3) is 0 Å². The van der Waals surface area contributed by atoms with E-state index in [9.17, 15) is 0 Å². The molecule has 1 atom stereocenters. The first-order chi connectivity index (χ1) is 8.94. The fraction of sp³-hybridized carbons (Fsp3) is 1.00. The third-order valence-electron chi connectivity index (χ3n) is 3.23. The first-order valence-corrected chi connectivity index (χ1v) is 7.41. The molecule has 1 unspecified atom stereocenters. The summed E-state index contributed by atoms with van der Waals surface area (Å²) in [4.78, 5) is 2.52. The summed E-state index contributed by atoms with van der Waals surface area (Å²) in [6.45, 7) is 13.6. The van der Waals surface area contributed by atoms with Gasteiger partial charge in [-0.25, -0.2) is 0 Å². The van der Waals surface area contributed by atoms with Gasteiger partial charge in [0.1, 0.15) is 0 Å². The molecule has 0 aromatic rings. The van der Waals surface area contributed by atoms with Crippen molar-refractivity contribution >= 4 is 0 Å². The molecule has 0 aromatic carbocycles. The van der Waals surface area contributed by atoms with E-state index in [4.69, 9.17) is 9.47 Å². The second-order valence-electron chi connectivity index (χ2n) is 6.07. The molecule has 0 saturated heterocycles. The smallest absolute Gasteiger partial charge is 0.0589 e. The van der Waals surface area contributed by atoms with Crippen LogP contribution in [0.4, 0.5) is 0 Å². The standard InChI is InChI=1S/C15H34N2O2/c1-7-14(13-16-15(2,3)4)17(10-12-19-6)9-8-11-18-5/h14,16H,7-13H2,1-6H3. The number of nitrogens with one attached hydrogen (secondary N) is 1. The number of ether oxygens (including phenoxy) is 2. The zero-order chi connectivity index (χ0) is 14.7. The first-order valence-electron chi connectivity index (χ1n) is 7.41. The summed E-state index contributed by atoms with van der Waals surface area (Å²) in [5, 5.41) is 3.61. The van der Waals surface area contributed by atoms with Crippen molar-refractivity contribution < 1.29 is 9.47 Å². The Kier molecular flexibility index (Phi) is 10.5. The molecule has 0 fully saturated rings. The predicted octanol–water partition coefficient (Wildman–Crippen LogP) is 2.14. The highest BCUT2D eigenvalue weighted by Gasteiger charge is 2.18. The third kappa shape index (κ3) is 10.3. The topological polar surface area (TPSA) is 33.7 Å². The first kappa shape index (κ1) is 18.8. The lowest BCUT2D eigenvalue weighted by Crippen LogP contribution is -2.48. The summed E-state index contributed by atoms with van der Waals surface area (Å²) in [6, 6.07) is 0.561. The van der Waals surface area contributed by atoms with Gasteiger partial charge in [0.25, 0.3) is 0 Å². The van der Waals surface area contributed by atoms with E-state index in [2.05, 4.69) is 37.9 Å². The lowest BCUT2D eigenvalue weighted by atomic mass is 10.1. The summed E-state index contributed by atoms with van der Waals surface area (Å²) >= 11 is 0. The number of hydrogen-bond donors (Lipinski definition) is 1. The van der Waals surface area contributed by atoms with Gasteiger partial charge in [0, 0.05) is 52.0 Å². The average Bonchev–Trinajstić information content (AvgIpc) is 2.34. The second kappa shape index (κ2) is 10.6. The quantitative estimate of drug-likeness (QED) is 0.585. The fourth-order valence-corrected chi connectivity index (χ4v) is 2.05. The molecule has 4 heteroatoms. The maximum atomic E-state index is 5.23. The number of nitrogens with zero attached hydrogens (tertiary/aromatic N) is 1. The summed E-state index contributed by atoms with van der Waals surface area (Å²) in [6.07, 6.45) is 2.23. The van der Waals surface area contributed by atoms with E-state index < -0.39 is 0 Å². The van der Waals surface area contributed by atoms with Crippen molar-refractivity contribution in [2.75, 3.05) is 47.1 Å². The van der Waals surface area contributed by atoms with Crippen LogP contribution < -0.4 is 5.32 Å². The molecule has 0 rings (SSSR count). The Morgan fingerprint density at radius 2 is 1.68 bits per heavy atom. The van der Waals surface area contributed by atoms with Crippen LogP contribution in [0, 0.1) is 0 Å². The fourth-order valence-electron chi connectivity index (χ4n) is 2.05. The molecule has 0 heterocycles. The molecule has 0 aliphatic rings. The van der Waals surface area contributed by atoms with Crippen molar-refractivity contribution in [3.8, 4) is 0 Å². The molecule has 4 nitrogen and oxygen atoms in total. The largest absolute Gasteiger partial charge is 0.385 e. The summed E-state index contributed by atoms with van der Waals surface area (Å²) in [7, 11) is 3.53. The minimum absolute atomic E-state index is 0.173. The van der Waals surface area contributed by atoms with Crippen LogP contribution in [0.2, 0.25) is 0 Å². The molecule has 0 saturated carbocycles.